The van der Waals surface area contributed by atoms with E-state index in [2.05, 4.69) is 26.8 Å². The van der Waals surface area contributed by atoms with Crippen LogP contribution in [0.2, 0.25) is 0 Å². The van der Waals surface area contributed by atoms with Gasteiger partial charge in [0.05, 0.1) is 0 Å². The summed E-state index contributed by atoms with van der Waals surface area (Å²) in [6.45, 7) is 0. The minimum Gasteiger partial charge on any atom is -0.506 e. The molecule has 0 saturated heterocycles. The first-order valence-corrected chi connectivity index (χ1v) is 5.84. The summed E-state index contributed by atoms with van der Waals surface area (Å²) in [5.41, 5.74) is 7.47. The third-order valence-corrected chi connectivity index (χ3v) is 3.26. The molecule has 1 atom stereocenters. The number of phenols is 1. The number of hydrogen-bond donors (Lipinski definition) is 2. The number of benzene rings is 1. The van der Waals surface area contributed by atoms with Crippen LogP contribution in [0.5, 0.6) is 5.75 Å². The summed E-state index contributed by atoms with van der Waals surface area (Å²) >= 11 is 3.42. The lowest BCUT2D eigenvalue weighted by atomic mass is 9.99. The molecule has 0 aliphatic rings. The Bertz CT molecular complexity index is 602. The molecule has 0 spiro atoms. The van der Waals surface area contributed by atoms with E-state index in [0.29, 0.717) is 11.9 Å². The van der Waals surface area contributed by atoms with Crippen LogP contribution in [0, 0.1) is 12.3 Å². The van der Waals surface area contributed by atoms with Gasteiger partial charge >= 0.3 is 0 Å². The Morgan fingerprint density at radius 3 is 2.94 bits per heavy atom. The second kappa shape index (κ2) is 4.36. The second-order valence-corrected chi connectivity index (χ2v) is 5.19. The molecule has 3 N–H and O–H groups in total. The average Bonchev–Trinajstić information content (AvgIpc) is 2.29. The highest BCUT2D eigenvalue weighted by molar-refractivity contribution is 9.09. The number of phenolic OH excluding ortho intramolecular Hbond substituents is 1. The van der Waals surface area contributed by atoms with Gasteiger partial charge in [-0.2, -0.15) is 0 Å². The smallest absolute Gasteiger partial charge is 0.141 e. The van der Waals surface area contributed by atoms with Gasteiger partial charge < -0.3 is 10.8 Å². The molecule has 0 fully saturated rings. The molecule has 86 valence electrons. The van der Waals surface area contributed by atoms with Crippen molar-refractivity contribution in [1.29, 1.82) is 0 Å². The van der Waals surface area contributed by atoms with E-state index in [9.17, 15) is 5.11 Å². The predicted octanol–water partition coefficient (Wildman–Crippen LogP) is 2.47. The highest BCUT2D eigenvalue weighted by atomic mass is 79.9. The van der Waals surface area contributed by atoms with Crippen LogP contribution in [0.25, 0.3) is 10.9 Å². The van der Waals surface area contributed by atoms with Crippen LogP contribution in [0.1, 0.15) is 12.0 Å². The molecule has 4 heteroatoms. The minimum absolute atomic E-state index is 0.133. The molecule has 1 heterocycles. The second-order valence-electron chi connectivity index (χ2n) is 3.78. The van der Waals surface area contributed by atoms with Gasteiger partial charge in [-0.25, -0.2) is 0 Å². The standard InChI is InChI=1S/C13H11BrN2O/c1-2-7-13(14,15)10-5-6-11(17)12-9(10)4-3-8-16-12/h1,3-6,8,17H,7,15H2. The number of alkyl halides is 1. The van der Waals surface area contributed by atoms with Crippen LogP contribution >= 0.6 is 15.9 Å². The Hall–Kier alpha value is -1.57. The molecule has 0 aliphatic heterocycles. The number of halogens is 1. The van der Waals surface area contributed by atoms with Gasteiger partial charge in [-0.15, -0.1) is 12.3 Å². The predicted molar refractivity (Wildman–Crippen MR) is 71.7 cm³/mol. The molecule has 0 radical (unpaired) electrons. The number of hydrogen-bond acceptors (Lipinski definition) is 3. The first kappa shape index (κ1) is 11.9. The molecule has 2 rings (SSSR count). The van der Waals surface area contributed by atoms with Gasteiger partial charge in [-0.3, -0.25) is 4.98 Å². The topological polar surface area (TPSA) is 59.1 Å². The Balaban J connectivity index is 2.72. The Labute approximate surface area is 108 Å². The zero-order valence-electron chi connectivity index (χ0n) is 9.02. The van der Waals surface area contributed by atoms with Gasteiger partial charge in [0.2, 0.25) is 0 Å². The summed E-state index contributed by atoms with van der Waals surface area (Å²) in [5, 5.41) is 10.5. The highest BCUT2D eigenvalue weighted by Crippen LogP contribution is 2.36. The minimum atomic E-state index is -0.809. The van der Waals surface area contributed by atoms with Crippen molar-refractivity contribution in [3.63, 3.8) is 0 Å². The summed E-state index contributed by atoms with van der Waals surface area (Å²) in [7, 11) is 0. The largest absolute Gasteiger partial charge is 0.506 e. The first-order chi connectivity index (χ1) is 8.06. The lowest BCUT2D eigenvalue weighted by molar-refractivity contribution is 0.480. The van der Waals surface area contributed by atoms with E-state index < -0.39 is 4.45 Å². The van der Waals surface area contributed by atoms with Crippen molar-refractivity contribution in [3.8, 4) is 18.1 Å². The van der Waals surface area contributed by atoms with Crippen LogP contribution in [0.3, 0.4) is 0 Å². The number of rotatable bonds is 2. The van der Waals surface area contributed by atoms with Crippen molar-refractivity contribution >= 4 is 26.8 Å². The molecule has 0 saturated carbocycles. The van der Waals surface area contributed by atoms with Crippen LogP contribution in [-0.4, -0.2) is 10.1 Å². The van der Waals surface area contributed by atoms with Gasteiger partial charge in [0.15, 0.2) is 0 Å². The van der Waals surface area contributed by atoms with Crippen molar-refractivity contribution in [3.05, 3.63) is 36.0 Å². The molecule has 2 aromatic rings. The van der Waals surface area contributed by atoms with E-state index in [1.54, 1.807) is 24.4 Å². The molecule has 1 aromatic heterocycles. The van der Waals surface area contributed by atoms with Crippen molar-refractivity contribution in [2.24, 2.45) is 5.73 Å². The summed E-state index contributed by atoms with van der Waals surface area (Å²) in [6, 6.07) is 6.98. The summed E-state index contributed by atoms with van der Waals surface area (Å²) in [4.78, 5) is 4.14. The number of fused-ring (bicyclic) bond motifs is 1. The fraction of sp³-hybridized carbons (Fsp3) is 0.154. The number of nitrogens with two attached hydrogens (primary N) is 1. The lowest BCUT2D eigenvalue weighted by Crippen LogP contribution is -2.29. The molecule has 3 nitrogen and oxygen atoms in total. The van der Waals surface area contributed by atoms with Crippen molar-refractivity contribution in [2.75, 3.05) is 0 Å². The Kier molecular flexibility index (Phi) is 3.05. The molecule has 17 heavy (non-hydrogen) atoms. The Morgan fingerprint density at radius 1 is 1.47 bits per heavy atom. The number of pyridine rings is 1. The van der Waals surface area contributed by atoms with Crippen LogP contribution < -0.4 is 5.73 Å². The summed E-state index contributed by atoms with van der Waals surface area (Å²) in [6.07, 6.45) is 7.27. The lowest BCUT2D eigenvalue weighted by Gasteiger charge is -2.22. The molecular formula is C13H11BrN2O. The SMILES string of the molecule is C#CCC(N)(Br)c1ccc(O)c2ncccc12. The van der Waals surface area contributed by atoms with Crippen LogP contribution in [0.4, 0.5) is 0 Å². The van der Waals surface area contributed by atoms with Gasteiger partial charge in [0, 0.05) is 18.0 Å². The van der Waals surface area contributed by atoms with E-state index in [0.717, 1.165) is 10.9 Å². The van der Waals surface area contributed by atoms with E-state index in [1.165, 1.54) is 0 Å². The third kappa shape index (κ3) is 2.12. The quantitative estimate of drug-likeness (QED) is 0.507. The molecule has 0 bridgehead atoms. The maximum Gasteiger partial charge on any atom is 0.141 e. The molecule has 1 aromatic carbocycles. The fourth-order valence-corrected chi connectivity index (χ4v) is 2.27. The van der Waals surface area contributed by atoms with Crippen molar-refractivity contribution < 1.29 is 5.11 Å². The third-order valence-electron chi connectivity index (χ3n) is 2.56. The van der Waals surface area contributed by atoms with E-state index in [4.69, 9.17) is 12.2 Å². The van der Waals surface area contributed by atoms with E-state index in [1.807, 2.05) is 6.07 Å². The molecule has 1 unspecified atom stereocenters. The number of aromatic nitrogens is 1. The molecular weight excluding hydrogens is 280 g/mol. The number of aromatic hydroxyl groups is 1. The summed E-state index contributed by atoms with van der Waals surface area (Å²) in [5.74, 6) is 2.66. The van der Waals surface area contributed by atoms with Gasteiger partial charge in [0.1, 0.15) is 15.7 Å². The van der Waals surface area contributed by atoms with Crippen LogP contribution in [0.15, 0.2) is 30.5 Å². The zero-order valence-corrected chi connectivity index (χ0v) is 10.6. The van der Waals surface area contributed by atoms with E-state index in [-0.39, 0.29) is 5.75 Å². The maximum atomic E-state index is 9.73. The number of nitrogens with zero attached hydrogens (tertiary/aromatic N) is 1. The molecule has 0 aliphatic carbocycles. The average molecular weight is 291 g/mol. The van der Waals surface area contributed by atoms with Gasteiger partial charge in [-0.1, -0.05) is 28.1 Å². The van der Waals surface area contributed by atoms with Crippen LogP contribution in [-0.2, 0) is 4.45 Å². The maximum absolute atomic E-state index is 9.73. The monoisotopic (exact) mass is 290 g/mol. The molecule has 0 amide bonds. The van der Waals surface area contributed by atoms with Crippen molar-refractivity contribution in [1.82, 2.24) is 4.98 Å². The van der Waals surface area contributed by atoms with E-state index >= 15 is 0 Å². The van der Waals surface area contributed by atoms with Gasteiger partial charge in [-0.05, 0) is 17.7 Å². The summed E-state index contributed by atoms with van der Waals surface area (Å²) < 4.78 is -0.809. The fourth-order valence-electron chi connectivity index (χ4n) is 1.76. The Morgan fingerprint density at radius 2 is 2.24 bits per heavy atom. The zero-order chi connectivity index (χ0) is 12.5. The first-order valence-electron chi connectivity index (χ1n) is 5.04. The number of terminal acetylenes is 1. The van der Waals surface area contributed by atoms with Gasteiger partial charge in [0.25, 0.3) is 0 Å². The van der Waals surface area contributed by atoms with Crippen molar-refractivity contribution in [2.45, 2.75) is 10.9 Å². The normalized spacial score (nSPS) is 14.2. The highest BCUT2D eigenvalue weighted by Gasteiger charge is 2.25.